The zero-order chi connectivity index (χ0) is 23.0. The van der Waals surface area contributed by atoms with Crippen molar-refractivity contribution >= 4 is 63.3 Å². The molecule has 11 nitrogen and oxygen atoms in total. The van der Waals surface area contributed by atoms with Crippen LogP contribution in [0.5, 0.6) is 0 Å². The molecule has 2 amide bonds. The van der Waals surface area contributed by atoms with E-state index >= 15 is 0 Å². The van der Waals surface area contributed by atoms with Crippen LogP contribution in [0, 0.1) is 0 Å². The number of carbonyl (C=O) groups is 3. The van der Waals surface area contributed by atoms with Crippen LogP contribution in [0.3, 0.4) is 0 Å². The summed E-state index contributed by atoms with van der Waals surface area (Å²) < 4.78 is 0.0536. The first kappa shape index (κ1) is 22.0. The lowest BCUT2D eigenvalue weighted by atomic mass is 9.86. The summed E-state index contributed by atoms with van der Waals surface area (Å²) in [5.41, 5.74) is 4.84. The molecule has 166 valence electrons. The molecule has 0 aliphatic carbocycles. The average molecular weight is 495 g/mol. The zero-order valence-electron chi connectivity index (χ0n) is 16.1. The Morgan fingerprint density at radius 1 is 1.44 bits per heavy atom. The smallest absolute Gasteiger partial charge is 0.353 e. The second-order valence-electron chi connectivity index (χ2n) is 6.76. The first-order valence-corrected chi connectivity index (χ1v) is 11.2. The molecule has 14 heteroatoms. The van der Waals surface area contributed by atoms with E-state index in [1.54, 1.807) is 24.5 Å². The van der Waals surface area contributed by atoms with Crippen molar-refractivity contribution in [3.05, 3.63) is 45.2 Å². The van der Waals surface area contributed by atoms with Gasteiger partial charge >= 0.3 is 5.97 Å². The molecule has 0 aromatic carbocycles. The van der Waals surface area contributed by atoms with E-state index in [4.69, 9.17) is 17.3 Å². The number of nitrogens with zero attached hydrogens (tertiary/aromatic N) is 4. The molecule has 0 unspecified atom stereocenters. The van der Waals surface area contributed by atoms with Crippen molar-refractivity contribution in [1.82, 2.24) is 20.2 Å². The number of oxime groups is 1. The molecule has 2 aliphatic rings. The summed E-state index contributed by atoms with van der Waals surface area (Å²) in [7, 11) is 0. The van der Waals surface area contributed by atoms with Gasteiger partial charge in [-0.25, -0.2) is 9.78 Å². The van der Waals surface area contributed by atoms with E-state index in [0.29, 0.717) is 17.7 Å². The lowest BCUT2D eigenvalue weighted by molar-refractivity contribution is -0.155. The highest BCUT2D eigenvalue weighted by molar-refractivity contribution is 8.03. The summed E-state index contributed by atoms with van der Waals surface area (Å²) in [6, 6.07) is 2.00. The monoisotopic (exact) mass is 494 g/mol. The molecule has 1 saturated heterocycles. The normalized spacial score (nSPS) is 20.6. The Morgan fingerprint density at radius 3 is 2.81 bits per heavy atom. The summed E-state index contributed by atoms with van der Waals surface area (Å²) in [6.07, 6.45) is 4.05. The lowest BCUT2D eigenvalue weighted by Crippen LogP contribution is -2.72. The van der Waals surface area contributed by atoms with Gasteiger partial charge in [-0.2, -0.15) is 0 Å². The topological polar surface area (TPSA) is 171 Å². The molecule has 2 aromatic rings. The third-order valence-electron chi connectivity index (χ3n) is 4.90. The Hall–Kier alpha value is -3.16. The number of β-lactam (4-membered cyclic amide) rings is 1. The number of nitrogens with two attached hydrogens (primary N) is 1. The van der Waals surface area contributed by atoms with E-state index < -0.39 is 35.6 Å². The van der Waals surface area contributed by atoms with Crippen LogP contribution in [0.4, 0.5) is 5.13 Å². The van der Waals surface area contributed by atoms with Gasteiger partial charge in [0.1, 0.15) is 21.8 Å². The number of halogens is 1. The number of pyridine rings is 1. The number of anilines is 1. The van der Waals surface area contributed by atoms with Gasteiger partial charge in [-0.15, -0.1) is 0 Å². The maximum atomic E-state index is 12.8. The van der Waals surface area contributed by atoms with E-state index in [-0.39, 0.29) is 20.9 Å². The van der Waals surface area contributed by atoms with Crippen molar-refractivity contribution in [3.8, 4) is 0 Å². The first-order valence-electron chi connectivity index (χ1n) is 9.14. The van der Waals surface area contributed by atoms with Crippen molar-refractivity contribution in [1.29, 1.82) is 0 Å². The number of thioether (sulfide) groups is 1. The minimum absolute atomic E-state index is 0.0536. The molecule has 0 radical (unpaired) electrons. The van der Waals surface area contributed by atoms with E-state index in [1.807, 2.05) is 0 Å². The Bertz CT molecular complexity index is 1170. The molecular weight excluding hydrogens is 480 g/mol. The Balaban J connectivity index is 1.53. The summed E-state index contributed by atoms with van der Waals surface area (Å²) in [5.74, 6) is -2.69. The van der Waals surface area contributed by atoms with Crippen LogP contribution < -0.4 is 11.1 Å². The van der Waals surface area contributed by atoms with Crippen LogP contribution in [0.25, 0.3) is 0 Å². The summed E-state index contributed by atoms with van der Waals surface area (Å²) in [6.45, 7) is 0. The molecule has 2 atom stereocenters. The minimum Gasteiger partial charge on any atom is -0.477 e. The van der Waals surface area contributed by atoms with E-state index in [0.717, 1.165) is 16.2 Å². The second-order valence-corrected chi connectivity index (χ2v) is 9.56. The summed E-state index contributed by atoms with van der Waals surface area (Å²) >= 11 is 8.11. The average Bonchev–Trinajstić information content (AvgIpc) is 3.10. The van der Waals surface area contributed by atoms with Crippen molar-refractivity contribution in [3.63, 3.8) is 0 Å². The van der Waals surface area contributed by atoms with Crippen LogP contribution in [-0.4, -0.2) is 60.8 Å². The van der Waals surface area contributed by atoms with Crippen molar-refractivity contribution in [2.75, 3.05) is 5.73 Å². The molecule has 0 bridgehead atoms. The number of nitrogen functional groups attached to an aromatic ring is 1. The molecule has 32 heavy (non-hydrogen) atoms. The number of carbonyl (C=O) groups excluding carboxylic acids is 2. The largest absolute Gasteiger partial charge is 0.477 e. The number of hydrogen-bond acceptors (Lipinski definition) is 10. The Labute approximate surface area is 194 Å². The fraction of sp³-hybridized carbons (Fsp3) is 0.222. The molecular formula is C18H15ClN6O5S2. The van der Waals surface area contributed by atoms with Crippen molar-refractivity contribution in [2.24, 2.45) is 5.16 Å². The lowest BCUT2D eigenvalue weighted by Gasteiger charge is -2.50. The zero-order valence-corrected chi connectivity index (χ0v) is 18.4. The number of thiazole rings is 1. The molecule has 2 aliphatic heterocycles. The van der Waals surface area contributed by atoms with Gasteiger partial charge in [-0.05, 0) is 25.0 Å². The maximum absolute atomic E-state index is 12.8. The standard InChI is InChI=1S/C18H15ClN6O5S2/c19-14-11(23-18(20)32-14)12(24-30)15(26)22-10-8-3-4-9(31-7-2-1-5-21-6-7)13(17(28)29)25(8)16(10)27/h1-2,5-6,8,10,30H,3-4H2,(H2,20,23)(H,22,26)(H,28,29)/b24-12-/t8-,10+/m1/s1. The molecule has 4 heterocycles. The summed E-state index contributed by atoms with van der Waals surface area (Å²) in [4.78, 5) is 47.7. The van der Waals surface area contributed by atoms with Gasteiger partial charge in [-0.1, -0.05) is 39.9 Å². The number of rotatable bonds is 6. The number of carboxylic acid groups (broad SMARTS) is 1. The highest BCUT2D eigenvalue weighted by atomic mass is 35.5. The van der Waals surface area contributed by atoms with Crippen LogP contribution in [0.1, 0.15) is 18.5 Å². The van der Waals surface area contributed by atoms with Gasteiger partial charge in [0.2, 0.25) is 0 Å². The third kappa shape index (κ3) is 3.89. The number of carboxylic acids is 1. The number of aromatic nitrogens is 2. The Morgan fingerprint density at radius 2 is 2.22 bits per heavy atom. The summed E-state index contributed by atoms with van der Waals surface area (Å²) in [5, 5.41) is 24.5. The van der Waals surface area contributed by atoms with Crippen LogP contribution >= 0.6 is 34.7 Å². The number of allylic oxidation sites excluding steroid dienone is 1. The van der Waals surface area contributed by atoms with Crippen LogP contribution in [0.2, 0.25) is 4.34 Å². The van der Waals surface area contributed by atoms with Crippen molar-refractivity contribution < 1.29 is 24.7 Å². The van der Waals surface area contributed by atoms with Crippen molar-refractivity contribution in [2.45, 2.75) is 29.8 Å². The third-order valence-corrected chi connectivity index (χ3v) is 7.10. The number of nitrogens with one attached hydrogen (secondary N) is 1. The van der Waals surface area contributed by atoms with Crippen LogP contribution in [-0.2, 0) is 14.4 Å². The predicted octanol–water partition coefficient (Wildman–Crippen LogP) is 1.53. The van der Waals surface area contributed by atoms with Crippen LogP contribution in [0.15, 0.2) is 45.2 Å². The predicted molar refractivity (Wildman–Crippen MR) is 116 cm³/mol. The fourth-order valence-corrected chi connectivity index (χ4v) is 5.53. The SMILES string of the molecule is Nc1nc(/C(=N/O)C(=O)N[C@@H]2C(=O)N3C(C(=O)O)=C(Sc4cccnc4)CC[C@H]23)c(Cl)s1. The van der Waals surface area contributed by atoms with E-state index in [1.165, 1.54) is 16.7 Å². The van der Waals surface area contributed by atoms with Gasteiger partial charge in [0.05, 0.1) is 6.04 Å². The number of amides is 2. The highest BCUT2D eigenvalue weighted by Gasteiger charge is 2.53. The molecule has 4 rings (SSSR count). The molecule has 0 spiro atoms. The van der Waals surface area contributed by atoms with Gasteiger partial charge in [0.15, 0.2) is 10.8 Å². The molecule has 1 fully saturated rings. The fourth-order valence-electron chi connectivity index (χ4n) is 3.55. The Kier molecular flexibility index (Phi) is 6.04. The highest BCUT2D eigenvalue weighted by Crippen LogP contribution is 2.43. The van der Waals surface area contributed by atoms with E-state index in [9.17, 15) is 24.7 Å². The van der Waals surface area contributed by atoms with Gasteiger partial charge in [0.25, 0.3) is 11.8 Å². The van der Waals surface area contributed by atoms with Gasteiger partial charge in [-0.3, -0.25) is 19.5 Å². The molecule has 5 N–H and O–H groups in total. The van der Waals surface area contributed by atoms with Gasteiger partial charge in [0, 0.05) is 22.2 Å². The maximum Gasteiger partial charge on any atom is 0.353 e. The molecule has 2 aromatic heterocycles. The molecule has 0 saturated carbocycles. The number of fused-ring (bicyclic) bond motifs is 1. The second kappa shape index (κ2) is 8.76. The first-order chi connectivity index (χ1) is 15.3. The number of hydrogen-bond donors (Lipinski definition) is 4. The van der Waals surface area contributed by atoms with E-state index in [2.05, 4.69) is 20.4 Å². The minimum atomic E-state index is -1.23. The quantitative estimate of drug-likeness (QED) is 0.201. The number of aliphatic carboxylic acids is 1. The van der Waals surface area contributed by atoms with Gasteiger partial charge < -0.3 is 21.4 Å².